The Bertz CT molecular complexity index is 401. The topological polar surface area (TPSA) is 69.6 Å². The van der Waals surface area contributed by atoms with Crippen molar-refractivity contribution in [1.82, 2.24) is 10.2 Å². The van der Waals surface area contributed by atoms with E-state index >= 15 is 0 Å². The number of carboxylic acids is 1. The van der Waals surface area contributed by atoms with E-state index in [1.165, 1.54) is 0 Å². The molecule has 0 spiro atoms. The van der Waals surface area contributed by atoms with E-state index in [1.807, 2.05) is 13.8 Å². The van der Waals surface area contributed by atoms with Gasteiger partial charge in [0.05, 0.1) is 11.8 Å². The van der Waals surface area contributed by atoms with Gasteiger partial charge in [-0.05, 0) is 12.8 Å². The monoisotopic (exact) mass is 310 g/mol. The highest BCUT2D eigenvalue weighted by atomic mass is 19.4. The predicted molar refractivity (Wildman–Crippen MR) is 69.7 cm³/mol. The van der Waals surface area contributed by atoms with Gasteiger partial charge in [-0.25, -0.2) is 4.79 Å². The number of carbonyl (C=O) groups excluding carboxylic acids is 1. The van der Waals surface area contributed by atoms with Crippen molar-refractivity contribution in [3.63, 3.8) is 0 Å². The molecule has 4 atom stereocenters. The van der Waals surface area contributed by atoms with Crippen molar-refractivity contribution < 1.29 is 27.9 Å². The number of alkyl halides is 3. The van der Waals surface area contributed by atoms with Crippen molar-refractivity contribution in [3.8, 4) is 0 Å². The van der Waals surface area contributed by atoms with Gasteiger partial charge in [0.1, 0.15) is 0 Å². The van der Waals surface area contributed by atoms with Crippen LogP contribution in [0.25, 0.3) is 0 Å². The second-order valence-corrected chi connectivity index (χ2v) is 5.62. The van der Waals surface area contributed by atoms with Crippen LogP contribution in [0.15, 0.2) is 0 Å². The molecule has 1 heterocycles. The first-order valence-corrected chi connectivity index (χ1v) is 6.92. The minimum atomic E-state index is -4.62. The van der Waals surface area contributed by atoms with Crippen LogP contribution in [0.1, 0.15) is 27.2 Å². The third-order valence-electron chi connectivity index (χ3n) is 4.19. The van der Waals surface area contributed by atoms with Crippen LogP contribution in [0, 0.1) is 17.8 Å². The summed E-state index contributed by atoms with van der Waals surface area (Å²) < 4.78 is 38.5. The summed E-state index contributed by atoms with van der Waals surface area (Å²) in [5, 5.41) is 11.5. The summed E-state index contributed by atoms with van der Waals surface area (Å²) in [5.74, 6) is -4.96. The van der Waals surface area contributed by atoms with Crippen molar-refractivity contribution in [2.24, 2.45) is 17.8 Å². The Morgan fingerprint density at radius 1 is 1.33 bits per heavy atom. The number of urea groups is 1. The molecule has 1 aliphatic heterocycles. The highest BCUT2D eigenvalue weighted by Gasteiger charge is 2.53. The normalized spacial score (nSPS) is 25.5. The lowest BCUT2D eigenvalue weighted by molar-refractivity contribution is -0.187. The van der Waals surface area contributed by atoms with Gasteiger partial charge >= 0.3 is 18.2 Å². The summed E-state index contributed by atoms with van der Waals surface area (Å²) in [6.45, 7) is 4.62. The Kier molecular flexibility index (Phi) is 5.47. The maximum atomic E-state index is 12.8. The lowest BCUT2D eigenvalue weighted by atomic mass is 9.96. The van der Waals surface area contributed by atoms with E-state index in [0.29, 0.717) is 0 Å². The zero-order chi connectivity index (χ0) is 16.4. The molecule has 2 unspecified atom stereocenters. The second kappa shape index (κ2) is 6.53. The number of carbonyl (C=O) groups is 2. The molecule has 0 radical (unpaired) electrons. The Balaban J connectivity index is 2.73. The zero-order valence-corrected chi connectivity index (χ0v) is 12.3. The number of nitrogens with one attached hydrogen (secondary N) is 1. The molecule has 2 amide bonds. The number of hydrogen-bond donors (Lipinski definition) is 2. The molecule has 1 saturated heterocycles. The average molecular weight is 310 g/mol. The largest absolute Gasteiger partial charge is 0.481 e. The van der Waals surface area contributed by atoms with Gasteiger partial charge < -0.3 is 15.3 Å². The number of halogens is 3. The molecular formula is C13H21F3N2O3. The molecule has 21 heavy (non-hydrogen) atoms. The summed E-state index contributed by atoms with van der Waals surface area (Å²) >= 11 is 0. The van der Waals surface area contributed by atoms with Crippen molar-refractivity contribution in [3.05, 3.63) is 0 Å². The van der Waals surface area contributed by atoms with Crippen LogP contribution in [0.3, 0.4) is 0 Å². The van der Waals surface area contributed by atoms with Crippen LogP contribution in [0.5, 0.6) is 0 Å². The first-order chi connectivity index (χ1) is 9.57. The molecule has 1 aliphatic rings. The van der Waals surface area contributed by atoms with Crippen LogP contribution < -0.4 is 5.32 Å². The molecule has 0 aromatic carbocycles. The van der Waals surface area contributed by atoms with Crippen molar-refractivity contribution in [2.75, 3.05) is 13.1 Å². The molecule has 1 rings (SSSR count). The van der Waals surface area contributed by atoms with Crippen LogP contribution >= 0.6 is 0 Å². The number of aliphatic carboxylic acids is 1. The standard InChI is InChI=1S/C13H21F3N2O3/c1-4-7(2)8(3)17-12(21)18-5-9(11(19)20)10(6-18)13(14,15)16/h7-10H,4-6H2,1-3H3,(H,17,21)(H,19,20)/t7?,8?,9-,10-/m1/s1. The van der Waals surface area contributed by atoms with E-state index in [-0.39, 0.29) is 12.0 Å². The van der Waals surface area contributed by atoms with Gasteiger partial charge in [0.2, 0.25) is 0 Å². The first kappa shape index (κ1) is 17.6. The Labute approximate surface area is 121 Å². The van der Waals surface area contributed by atoms with Gasteiger partial charge in [-0.15, -0.1) is 0 Å². The fraction of sp³-hybridized carbons (Fsp3) is 0.846. The molecule has 122 valence electrons. The van der Waals surface area contributed by atoms with E-state index in [1.54, 1.807) is 6.92 Å². The van der Waals surface area contributed by atoms with E-state index in [4.69, 9.17) is 5.11 Å². The first-order valence-electron chi connectivity index (χ1n) is 6.92. The summed E-state index contributed by atoms with van der Waals surface area (Å²) in [4.78, 5) is 23.9. The number of amides is 2. The maximum absolute atomic E-state index is 12.8. The smallest absolute Gasteiger partial charge is 0.394 e. The summed E-state index contributed by atoms with van der Waals surface area (Å²) in [6.07, 6.45) is -3.80. The van der Waals surface area contributed by atoms with Crippen LogP contribution in [0.4, 0.5) is 18.0 Å². The molecule has 0 aliphatic carbocycles. The Hall–Kier alpha value is -1.47. The van der Waals surface area contributed by atoms with Gasteiger partial charge in [0.25, 0.3) is 0 Å². The van der Waals surface area contributed by atoms with Crippen molar-refractivity contribution in [2.45, 2.75) is 39.4 Å². The van der Waals surface area contributed by atoms with Crippen LogP contribution in [-0.4, -0.2) is 47.3 Å². The molecule has 0 saturated carbocycles. The van der Waals surface area contributed by atoms with Gasteiger partial charge in [-0.1, -0.05) is 20.3 Å². The number of likely N-dealkylation sites (tertiary alicyclic amines) is 1. The molecule has 0 aromatic rings. The average Bonchev–Trinajstić information content (AvgIpc) is 2.82. The third-order valence-corrected chi connectivity index (χ3v) is 4.19. The minimum Gasteiger partial charge on any atom is -0.481 e. The zero-order valence-electron chi connectivity index (χ0n) is 12.3. The fourth-order valence-electron chi connectivity index (χ4n) is 2.33. The van der Waals surface area contributed by atoms with Crippen molar-refractivity contribution >= 4 is 12.0 Å². The molecule has 8 heteroatoms. The number of rotatable bonds is 4. The Morgan fingerprint density at radius 3 is 2.29 bits per heavy atom. The summed E-state index contributed by atoms with van der Waals surface area (Å²) in [6, 6.07) is -0.823. The van der Waals surface area contributed by atoms with Crippen molar-refractivity contribution in [1.29, 1.82) is 0 Å². The summed E-state index contributed by atoms with van der Waals surface area (Å²) in [5.41, 5.74) is 0. The molecule has 2 N–H and O–H groups in total. The Morgan fingerprint density at radius 2 is 1.90 bits per heavy atom. The fourth-order valence-corrected chi connectivity index (χ4v) is 2.33. The highest BCUT2D eigenvalue weighted by Crippen LogP contribution is 2.37. The lowest BCUT2D eigenvalue weighted by Gasteiger charge is -2.24. The molecule has 5 nitrogen and oxygen atoms in total. The minimum absolute atomic E-state index is 0.185. The molecule has 0 bridgehead atoms. The number of carboxylic acid groups (broad SMARTS) is 1. The van der Waals surface area contributed by atoms with E-state index in [2.05, 4.69) is 5.32 Å². The molecule has 0 aromatic heterocycles. The molecule has 1 fully saturated rings. The van der Waals surface area contributed by atoms with E-state index in [0.717, 1.165) is 11.3 Å². The third kappa shape index (κ3) is 4.25. The van der Waals surface area contributed by atoms with E-state index in [9.17, 15) is 22.8 Å². The molecular weight excluding hydrogens is 289 g/mol. The SMILES string of the molecule is CCC(C)C(C)NC(=O)N1C[C@@H](C(F)(F)F)[C@H](C(=O)O)C1. The predicted octanol–water partition coefficient (Wildman–Crippen LogP) is 2.33. The van der Waals surface area contributed by atoms with Gasteiger partial charge in [-0.3, -0.25) is 4.79 Å². The van der Waals surface area contributed by atoms with Crippen LogP contribution in [-0.2, 0) is 4.79 Å². The van der Waals surface area contributed by atoms with Gasteiger partial charge in [0.15, 0.2) is 0 Å². The quantitative estimate of drug-likeness (QED) is 0.837. The van der Waals surface area contributed by atoms with E-state index < -0.39 is 43.1 Å². The van der Waals surface area contributed by atoms with Gasteiger partial charge in [0, 0.05) is 19.1 Å². The number of nitrogens with zero attached hydrogens (tertiary/aromatic N) is 1. The second-order valence-electron chi connectivity index (χ2n) is 5.62. The highest BCUT2D eigenvalue weighted by molar-refractivity contribution is 5.78. The maximum Gasteiger partial charge on any atom is 0.394 e. The number of hydrogen-bond acceptors (Lipinski definition) is 2. The lowest BCUT2D eigenvalue weighted by Crippen LogP contribution is -2.45. The summed E-state index contributed by atoms with van der Waals surface area (Å²) in [7, 11) is 0. The van der Waals surface area contributed by atoms with Crippen LogP contribution in [0.2, 0.25) is 0 Å². The van der Waals surface area contributed by atoms with Gasteiger partial charge in [-0.2, -0.15) is 13.2 Å².